The maximum atomic E-state index is 5.93. The van der Waals surface area contributed by atoms with Gasteiger partial charge in [0.1, 0.15) is 0 Å². The molecule has 0 spiro atoms. The number of hydrogen-bond acceptors (Lipinski definition) is 3. The number of nitrogens with one attached hydrogen (secondary N) is 1. The Bertz CT molecular complexity index is 321. The molecular weight excluding hydrogens is 260 g/mol. The van der Waals surface area contributed by atoms with Crippen molar-refractivity contribution in [3.05, 3.63) is 0 Å². The molecule has 1 N–H and O–H groups in total. The average molecular weight is 296 g/mol. The molecule has 5 unspecified atom stereocenters. The van der Waals surface area contributed by atoms with E-state index in [1.54, 1.807) is 0 Å². The average Bonchev–Trinajstić information content (AvgIpc) is 2.45. The Balaban J connectivity index is 2.09. The molecule has 0 aromatic rings. The molecular formula is C18H36N2O. The van der Waals surface area contributed by atoms with Crippen molar-refractivity contribution in [1.82, 2.24) is 10.2 Å². The zero-order valence-electron chi connectivity index (χ0n) is 15.0. The van der Waals surface area contributed by atoms with Crippen LogP contribution in [-0.2, 0) is 4.74 Å². The van der Waals surface area contributed by atoms with E-state index in [0.717, 1.165) is 19.0 Å². The highest BCUT2D eigenvalue weighted by Gasteiger charge is 2.40. The van der Waals surface area contributed by atoms with Crippen LogP contribution in [0, 0.1) is 11.3 Å². The molecule has 1 aliphatic carbocycles. The van der Waals surface area contributed by atoms with Crippen molar-refractivity contribution < 1.29 is 4.74 Å². The van der Waals surface area contributed by atoms with Gasteiger partial charge in [-0.05, 0) is 51.5 Å². The highest BCUT2D eigenvalue weighted by Crippen LogP contribution is 2.42. The van der Waals surface area contributed by atoms with Gasteiger partial charge >= 0.3 is 0 Å². The Morgan fingerprint density at radius 1 is 1.14 bits per heavy atom. The van der Waals surface area contributed by atoms with Crippen molar-refractivity contribution in [3.8, 4) is 0 Å². The highest BCUT2D eigenvalue weighted by atomic mass is 16.5. The van der Waals surface area contributed by atoms with Gasteiger partial charge in [-0.15, -0.1) is 0 Å². The van der Waals surface area contributed by atoms with Crippen LogP contribution >= 0.6 is 0 Å². The van der Waals surface area contributed by atoms with Gasteiger partial charge in [-0.2, -0.15) is 0 Å². The summed E-state index contributed by atoms with van der Waals surface area (Å²) < 4.78 is 5.93. The van der Waals surface area contributed by atoms with E-state index in [9.17, 15) is 0 Å². The van der Waals surface area contributed by atoms with E-state index in [0.29, 0.717) is 29.7 Å². The van der Waals surface area contributed by atoms with Crippen molar-refractivity contribution in [2.45, 2.75) is 84.6 Å². The minimum Gasteiger partial charge on any atom is -0.373 e. The number of ether oxygens (including phenoxy) is 1. The number of nitrogens with zero attached hydrogens (tertiary/aromatic N) is 1. The summed E-state index contributed by atoms with van der Waals surface area (Å²) in [7, 11) is 2.14. The van der Waals surface area contributed by atoms with Crippen LogP contribution in [-0.4, -0.2) is 49.3 Å². The van der Waals surface area contributed by atoms with E-state index >= 15 is 0 Å². The molecule has 2 fully saturated rings. The van der Waals surface area contributed by atoms with Crippen LogP contribution in [0.3, 0.4) is 0 Å². The van der Waals surface area contributed by atoms with Crippen LogP contribution in [0.2, 0.25) is 0 Å². The van der Waals surface area contributed by atoms with Gasteiger partial charge in [-0.25, -0.2) is 0 Å². The molecule has 3 heteroatoms. The lowest BCUT2D eigenvalue weighted by Gasteiger charge is -2.49. The van der Waals surface area contributed by atoms with Crippen LogP contribution in [0.15, 0.2) is 0 Å². The molecule has 0 bridgehead atoms. The number of rotatable bonds is 4. The topological polar surface area (TPSA) is 24.5 Å². The number of morpholine rings is 1. The van der Waals surface area contributed by atoms with Crippen molar-refractivity contribution in [1.29, 1.82) is 0 Å². The van der Waals surface area contributed by atoms with Crippen molar-refractivity contribution >= 4 is 0 Å². The normalized spacial score (nSPS) is 39.4. The Kier molecular flexibility index (Phi) is 5.72. The largest absolute Gasteiger partial charge is 0.373 e. The Morgan fingerprint density at radius 2 is 1.76 bits per heavy atom. The van der Waals surface area contributed by atoms with E-state index in [1.165, 1.54) is 25.7 Å². The van der Waals surface area contributed by atoms with E-state index in [4.69, 9.17) is 4.74 Å². The molecule has 0 aromatic carbocycles. The first kappa shape index (κ1) is 17.2. The summed E-state index contributed by atoms with van der Waals surface area (Å²) in [6.07, 6.45) is 6.04. The SMILES string of the molecule is CCC(C)(C)C1CCC(NC)C(N2CC(C)OC(C)C2)C1. The Hall–Kier alpha value is -0.120. The number of hydrogen-bond donors (Lipinski definition) is 1. The van der Waals surface area contributed by atoms with Gasteiger partial charge in [0, 0.05) is 25.2 Å². The molecule has 3 nitrogen and oxygen atoms in total. The summed E-state index contributed by atoms with van der Waals surface area (Å²) in [5.41, 5.74) is 0.473. The predicted octanol–water partition coefficient (Wildman–Crippen LogP) is 3.29. The highest BCUT2D eigenvalue weighted by molar-refractivity contribution is 4.96. The first-order chi connectivity index (χ1) is 9.87. The molecule has 1 heterocycles. The number of likely N-dealkylation sites (N-methyl/N-ethyl adjacent to an activating group) is 1. The van der Waals surface area contributed by atoms with Crippen LogP contribution in [0.5, 0.6) is 0 Å². The van der Waals surface area contributed by atoms with E-state index in [2.05, 4.69) is 51.9 Å². The Morgan fingerprint density at radius 3 is 2.29 bits per heavy atom. The maximum absolute atomic E-state index is 5.93. The molecule has 21 heavy (non-hydrogen) atoms. The summed E-state index contributed by atoms with van der Waals surface area (Å²) >= 11 is 0. The van der Waals surface area contributed by atoms with Crippen LogP contribution < -0.4 is 5.32 Å². The second-order valence-electron chi connectivity index (χ2n) is 8.03. The molecule has 124 valence electrons. The molecule has 1 aliphatic heterocycles. The lowest BCUT2D eigenvalue weighted by molar-refractivity contribution is -0.0935. The lowest BCUT2D eigenvalue weighted by Crippen LogP contribution is -2.59. The van der Waals surface area contributed by atoms with E-state index in [-0.39, 0.29) is 0 Å². The quantitative estimate of drug-likeness (QED) is 0.861. The van der Waals surface area contributed by atoms with Crippen molar-refractivity contribution in [2.75, 3.05) is 20.1 Å². The Labute approximate surface area is 131 Å². The van der Waals surface area contributed by atoms with Gasteiger partial charge in [-0.3, -0.25) is 4.90 Å². The third-order valence-electron chi connectivity index (χ3n) is 6.12. The maximum Gasteiger partial charge on any atom is 0.0678 e. The second-order valence-corrected chi connectivity index (χ2v) is 8.03. The third-order valence-corrected chi connectivity index (χ3v) is 6.12. The summed E-state index contributed by atoms with van der Waals surface area (Å²) in [5, 5.41) is 3.59. The fraction of sp³-hybridized carbons (Fsp3) is 1.00. The minimum absolute atomic E-state index is 0.366. The molecule has 0 amide bonds. The van der Waals surface area contributed by atoms with Gasteiger partial charge in [0.15, 0.2) is 0 Å². The first-order valence-corrected chi connectivity index (χ1v) is 8.94. The fourth-order valence-corrected chi connectivity index (χ4v) is 4.37. The van der Waals surface area contributed by atoms with Crippen LogP contribution in [0.25, 0.3) is 0 Å². The van der Waals surface area contributed by atoms with Crippen molar-refractivity contribution in [3.63, 3.8) is 0 Å². The molecule has 0 aromatic heterocycles. The second kappa shape index (κ2) is 6.97. The summed E-state index contributed by atoms with van der Waals surface area (Å²) in [6.45, 7) is 13.9. The van der Waals surface area contributed by atoms with Gasteiger partial charge in [-0.1, -0.05) is 27.2 Å². The zero-order valence-corrected chi connectivity index (χ0v) is 15.0. The summed E-state index contributed by atoms with van der Waals surface area (Å²) in [5.74, 6) is 0.852. The molecule has 5 atom stereocenters. The standard InChI is InChI=1S/C18H36N2O/c1-7-18(4,5)15-8-9-16(19-6)17(10-15)20-11-13(2)21-14(3)12-20/h13-17,19H,7-12H2,1-6H3. The van der Waals surface area contributed by atoms with Gasteiger partial charge in [0.25, 0.3) is 0 Å². The minimum atomic E-state index is 0.366. The molecule has 0 radical (unpaired) electrons. The third kappa shape index (κ3) is 4.00. The van der Waals surface area contributed by atoms with E-state index < -0.39 is 0 Å². The van der Waals surface area contributed by atoms with Crippen molar-refractivity contribution in [2.24, 2.45) is 11.3 Å². The molecule has 2 aliphatic rings. The molecule has 1 saturated carbocycles. The first-order valence-electron chi connectivity index (χ1n) is 8.94. The van der Waals surface area contributed by atoms with Gasteiger partial charge in [0.2, 0.25) is 0 Å². The van der Waals surface area contributed by atoms with Crippen LogP contribution in [0.1, 0.15) is 60.3 Å². The molecule has 1 saturated heterocycles. The summed E-state index contributed by atoms with van der Waals surface area (Å²) in [4.78, 5) is 2.71. The van der Waals surface area contributed by atoms with Gasteiger partial charge < -0.3 is 10.1 Å². The lowest BCUT2D eigenvalue weighted by atomic mass is 9.67. The molecule has 2 rings (SSSR count). The smallest absolute Gasteiger partial charge is 0.0678 e. The predicted molar refractivity (Wildman–Crippen MR) is 89.6 cm³/mol. The zero-order chi connectivity index (χ0) is 15.6. The van der Waals surface area contributed by atoms with Gasteiger partial charge in [0.05, 0.1) is 12.2 Å². The monoisotopic (exact) mass is 296 g/mol. The van der Waals surface area contributed by atoms with E-state index in [1.807, 2.05) is 0 Å². The van der Waals surface area contributed by atoms with Crippen LogP contribution in [0.4, 0.5) is 0 Å². The fourth-order valence-electron chi connectivity index (χ4n) is 4.37. The summed E-state index contributed by atoms with van der Waals surface area (Å²) in [6, 6.07) is 1.32.